The van der Waals surface area contributed by atoms with Crippen LogP contribution in [0, 0.1) is 12.8 Å². The minimum Gasteiger partial charge on any atom is -0.385 e. The van der Waals surface area contributed by atoms with Crippen LogP contribution in [-0.2, 0) is 27.4 Å². The lowest BCUT2D eigenvalue weighted by atomic mass is 10.1. The van der Waals surface area contributed by atoms with Crippen LogP contribution in [0.2, 0.25) is 0 Å². The van der Waals surface area contributed by atoms with Crippen molar-refractivity contribution in [3.63, 3.8) is 0 Å². The van der Waals surface area contributed by atoms with Gasteiger partial charge in [0.15, 0.2) is 0 Å². The van der Waals surface area contributed by atoms with Crippen molar-refractivity contribution in [1.82, 2.24) is 9.80 Å². The van der Waals surface area contributed by atoms with E-state index in [1.54, 1.807) is 23.3 Å². The summed E-state index contributed by atoms with van der Waals surface area (Å²) in [5.41, 5.74) is 2.28. The van der Waals surface area contributed by atoms with Gasteiger partial charge in [0.1, 0.15) is 0 Å². The van der Waals surface area contributed by atoms with Gasteiger partial charge in [0.05, 0.1) is 13.1 Å². The first-order valence-electron chi connectivity index (χ1n) is 12.2. The SMILES string of the molecule is COCCCN(CC(=O)N(Cc1ccccc1)Cc1ccc(C)s1)C(=O)C1CC1c1ccccc1. The second-order valence-electron chi connectivity index (χ2n) is 9.21. The Balaban J connectivity index is 1.47. The first-order valence-corrected chi connectivity index (χ1v) is 13.1. The average molecular weight is 491 g/mol. The highest BCUT2D eigenvalue weighted by molar-refractivity contribution is 7.11. The molecule has 1 aliphatic rings. The Morgan fingerprint density at radius 1 is 0.943 bits per heavy atom. The van der Waals surface area contributed by atoms with Gasteiger partial charge in [-0.2, -0.15) is 0 Å². The molecule has 0 bridgehead atoms. The molecule has 0 saturated heterocycles. The van der Waals surface area contributed by atoms with Crippen molar-refractivity contribution >= 4 is 23.2 Å². The molecule has 184 valence electrons. The second kappa shape index (κ2) is 12.1. The molecule has 5 nitrogen and oxygen atoms in total. The number of nitrogens with zero attached hydrogens (tertiary/aromatic N) is 2. The number of benzene rings is 2. The van der Waals surface area contributed by atoms with Crippen LogP contribution in [0.3, 0.4) is 0 Å². The van der Waals surface area contributed by atoms with Gasteiger partial charge in [-0.15, -0.1) is 11.3 Å². The Morgan fingerprint density at radius 3 is 2.31 bits per heavy atom. The Bertz CT molecular complexity index is 1100. The van der Waals surface area contributed by atoms with Crippen LogP contribution in [0.25, 0.3) is 0 Å². The quantitative estimate of drug-likeness (QED) is 0.326. The van der Waals surface area contributed by atoms with Gasteiger partial charge in [-0.1, -0.05) is 60.7 Å². The summed E-state index contributed by atoms with van der Waals surface area (Å²) >= 11 is 1.71. The van der Waals surface area contributed by atoms with Gasteiger partial charge in [-0.05, 0) is 48.9 Å². The first kappa shape index (κ1) is 25.1. The van der Waals surface area contributed by atoms with E-state index in [-0.39, 0.29) is 30.2 Å². The minimum atomic E-state index is -0.0461. The summed E-state index contributed by atoms with van der Waals surface area (Å²) in [4.78, 5) is 33.1. The van der Waals surface area contributed by atoms with Crippen molar-refractivity contribution in [2.45, 2.75) is 38.8 Å². The third-order valence-corrected chi connectivity index (χ3v) is 7.45. The van der Waals surface area contributed by atoms with Crippen LogP contribution >= 0.6 is 11.3 Å². The van der Waals surface area contributed by atoms with Crippen LogP contribution in [0.5, 0.6) is 0 Å². The normalized spacial score (nSPS) is 16.6. The smallest absolute Gasteiger partial charge is 0.242 e. The lowest BCUT2D eigenvalue weighted by Gasteiger charge is -2.28. The summed E-state index contributed by atoms with van der Waals surface area (Å²) in [5.74, 6) is 0.256. The molecule has 2 amide bonds. The van der Waals surface area contributed by atoms with Crippen molar-refractivity contribution in [2.24, 2.45) is 5.92 Å². The predicted molar refractivity (Wildman–Crippen MR) is 140 cm³/mol. The molecule has 6 heteroatoms. The maximum absolute atomic E-state index is 13.6. The van der Waals surface area contributed by atoms with Crippen LogP contribution < -0.4 is 0 Å². The molecule has 0 N–H and O–H groups in total. The molecule has 1 saturated carbocycles. The summed E-state index contributed by atoms with van der Waals surface area (Å²) in [6.45, 7) is 4.32. The Kier molecular flexibility index (Phi) is 8.72. The first-order chi connectivity index (χ1) is 17.0. The molecule has 0 radical (unpaired) electrons. The number of carbonyl (C=O) groups is 2. The van der Waals surface area contributed by atoms with Gasteiger partial charge in [-0.25, -0.2) is 0 Å². The largest absolute Gasteiger partial charge is 0.385 e. The summed E-state index contributed by atoms with van der Waals surface area (Å²) in [5, 5.41) is 0. The van der Waals surface area contributed by atoms with Gasteiger partial charge in [0.2, 0.25) is 11.8 Å². The molecule has 1 aromatic heterocycles. The van der Waals surface area contributed by atoms with Crippen molar-refractivity contribution in [3.05, 3.63) is 93.7 Å². The van der Waals surface area contributed by atoms with Crippen molar-refractivity contribution < 1.29 is 14.3 Å². The van der Waals surface area contributed by atoms with Gasteiger partial charge >= 0.3 is 0 Å². The third kappa shape index (κ3) is 7.03. The number of carbonyl (C=O) groups excluding carboxylic acids is 2. The highest BCUT2D eigenvalue weighted by atomic mass is 32.1. The molecular formula is C29H34N2O3S. The fourth-order valence-corrected chi connectivity index (χ4v) is 5.40. The van der Waals surface area contributed by atoms with E-state index >= 15 is 0 Å². The molecular weight excluding hydrogens is 456 g/mol. The number of thiophene rings is 1. The Labute approximate surface area is 212 Å². The summed E-state index contributed by atoms with van der Waals surface area (Å²) in [6.07, 6.45) is 1.56. The summed E-state index contributed by atoms with van der Waals surface area (Å²) in [7, 11) is 1.66. The van der Waals surface area contributed by atoms with Crippen LogP contribution in [-0.4, -0.2) is 48.4 Å². The zero-order valence-corrected chi connectivity index (χ0v) is 21.4. The molecule has 2 unspecified atom stereocenters. The molecule has 0 aliphatic heterocycles. The monoisotopic (exact) mass is 490 g/mol. The maximum Gasteiger partial charge on any atom is 0.242 e. The minimum absolute atomic E-state index is 0.0254. The van der Waals surface area contributed by atoms with E-state index in [4.69, 9.17) is 4.74 Å². The molecule has 4 rings (SSSR count). The van der Waals surface area contributed by atoms with E-state index in [1.165, 1.54) is 10.4 Å². The fourth-order valence-electron chi connectivity index (χ4n) is 4.50. The topological polar surface area (TPSA) is 49.9 Å². The molecule has 35 heavy (non-hydrogen) atoms. The second-order valence-corrected chi connectivity index (χ2v) is 10.6. The predicted octanol–water partition coefficient (Wildman–Crippen LogP) is 5.25. The van der Waals surface area contributed by atoms with E-state index in [0.717, 1.165) is 16.9 Å². The summed E-state index contributed by atoms with van der Waals surface area (Å²) in [6, 6.07) is 24.4. The summed E-state index contributed by atoms with van der Waals surface area (Å²) < 4.78 is 5.22. The van der Waals surface area contributed by atoms with Gasteiger partial charge in [-0.3, -0.25) is 9.59 Å². The van der Waals surface area contributed by atoms with Gasteiger partial charge in [0, 0.05) is 42.5 Å². The van der Waals surface area contributed by atoms with Crippen LogP contribution in [0.1, 0.15) is 39.6 Å². The molecule has 1 fully saturated rings. The van der Waals surface area contributed by atoms with Crippen LogP contribution in [0.15, 0.2) is 72.8 Å². The maximum atomic E-state index is 13.6. The van der Waals surface area contributed by atoms with Crippen LogP contribution in [0.4, 0.5) is 0 Å². The van der Waals surface area contributed by atoms with E-state index in [2.05, 4.69) is 31.2 Å². The number of ether oxygens (including phenoxy) is 1. The lowest BCUT2D eigenvalue weighted by molar-refractivity contribution is -0.142. The number of hydrogen-bond acceptors (Lipinski definition) is 4. The highest BCUT2D eigenvalue weighted by Crippen LogP contribution is 2.48. The number of hydrogen-bond donors (Lipinski definition) is 0. The number of methoxy groups -OCH3 is 1. The number of rotatable bonds is 12. The van der Waals surface area contributed by atoms with E-state index in [1.807, 2.05) is 53.4 Å². The van der Waals surface area contributed by atoms with Crippen molar-refractivity contribution in [2.75, 3.05) is 26.8 Å². The van der Waals surface area contributed by atoms with Gasteiger partial charge in [0.25, 0.3) is 0 Å². The Hall–Kier alpha value is -2.96. The molecule has 1 heterocycles. The Morgan fingerprint density at radius 2 is 1.66 bits per heavy atom. The van der Waals surface area contributed by atoms with E-state index in [9.17, 15) is 9.59 Å². The van der Waals surface area contributed by atoms with E-state index < -0.39 is 0 Å². The highest BCUT2D eigenvalue weighted by Gasteiger charge is 2.46. The van der Waals surface area contributed by atoms with E-state index in [0.29, 0.717) is 32.7 Å². The number of amides is 2. The molecule has 1 aliphatic carbocycles. The molecule has 2 atom stereocenters. The van der Waals surface area contributed by atoms with Crippen molar-refractivity contribution in [1.29, 1.82) is 0 Å². The zero-order valence-electron chi connectivity index (χ0n) is 20.6. The zero-order chi connectivity index (χ0) is 24.6. The standard InChI is InChI=1S/C29H34N2O3S/c1-22-14-15-25(35-22)20-31(19-23-10-5-3-6-11-23)28(32)21-30(16-9-17-34-2)29(33)27-18-26(27)24-12-7-4-8-13-24/h3-8,10-15,26-27H,9,16-21H2,1-2H3. The molecule has 0 spiro atoms. The number of aryl methyl sites for hydroxylation is 1. The third-order valence-electron chi connectivity index (χ3n) is 6.46. The average Bonchev–Trinajstić information content (AvgIpc) is 3.58. The van der Waals surface area contributed by atoms with Gasteiger partial charge < -0.3 is 14.5 Å². The fraction of sp³-hybridized carbons (Fsp3) is 0.379. The van der Waals surface area contributed by atoms with Crippen molar-refractivity contribution in [3.8, 4) is 0 Å². The lowest BCUT2D eigenvalue weighted by Crippen LogP contribution is -2.43. The molecule has 2 aromatic carbocycles. The molecule has 3 aromatic rings.